The van der Waals surface area contributed by atoms with Gasteiger partial charge in [0.25, 0.3) is 10.0 Å². The van der Waals surface area contributed by atoms with Crippen molar-refractivity contribution < 1.29 is 17.9 Å². The molecule has 9 heteroatoms. The Morgan fingerprint density at radius 3 is 2.41 bits per heavy atom. The van der Waals surface area contributed by atoms with E-state index < -0.39 is 21.7 Å². The molecule has 172 valence electrons. The molecule has 3 aromatic carbocycles. The second-order valence-electron chi connectivity index (χ2n) is 7.79. The number of nitrogens with one attached hydrogen (secondary N) is 1. The monoisotopic (exact) mass is 475 g/mol. The Kier molecular flexibility index (Phi) is 5.33. The van der Waals surface area contributed by atoms with E-state index in [0.29, 0.717) is 11.9 Å². The summed E-state index contributed by atoms with van der Waals surface area (Å²) in [4.78, 5) is 28.7. The van der Waals surface area contributed by atoms with Gasteiger partial charge in [-0.2, -0.15) is 3.97 Å². The van der Waals surface area contributed by atoms with Crippen LogP contribution in [0.2, 0.25) is 0 Å². The number of fused-ring (bicyclic) bond motifs is 2. The number of imidazole rings is 1. The van der Waals surface area contributed by atoms with E-state index in [1.807, 2.05) is 30.5 Å². The molecule has 0 spiro atoms. The quantitative estimate of drug-likeness (QED) is 0.378. The van der Waals surface area contributed by atoms with Crippen molar-refractivity contribution in [1.82, 2.24) is 13.5 Å². The van der Waals surface area contributed by atoms with E-state index in [1.165, 1.54) is 29.9 Å². The number of para-hydroxylation sites is 3. The number of carbonyl (C=O) groups is 1. The summed E-state index contributed by atoms with van der Waals surface area (Å²) < 4.78 is 34.3. The average molecular weight is 476 g/mol. The first-order valence-electron chi connectivity index (χ1n) is 10.6. The van der Waals surface area contributed by atoms with E-state index in [0.717, 1.165) is 20.4 Å². The van der Waals surface area contributed by atoms with Crippen molar-refractivity contribution in [1.29, 1.82) is 0 Å². The number of methoxy groups -OCH3 is 1. The highest BCUT2D eigenvalue weighted by atomic mass is 32.2. The summed E-state index contributed by atoms with van der Waals surface area (Å²) in [6.07, 6.45) is 2.43. The molecule has 2 aromatic heterocycles. The fourth-order valence-corrected chi connectivity index (χ4v) is 5.86. The Labute approximate surface area is 195 Å². The van der Waals surface area contributed by atoms with Crippen molar-refractivity contribution in [3.8, 4) is 0 Å². The molecule has 0 aliphatic carbocycles. The van der Waals surface area contributed by atoms with Crippen LogP contribution in [0.25, 0.3) is 21.9 Å². The Morgan fingerprint density at radius 1 is 0.941 bits per heavy atom. The molecule has 0 saturated carbocycles. The zero-order valence-corrected chi connectivity index (χ0v) is 19.1. The summed E-state index contributed by atoms with van der Waals surface area (Å²) >= 11 is 0. The fraction of sp³-hybridized carbons (Fsp3) is 0.120. The second kappa shape index (κ2) is 8.35. The van der Waals surface area contributed by atoms with Crippen LogP contribution in [0, 0.1) is 0 Å². The van der Waals surface area contributed by atoms with Crippen molar-refractivity contribution >= 4 is 37.9 Å². The number of ether oxygens (including phenoxy) is 1. The normalized spacial score (nSPS) is 11.8. The molecule has 0 aliphatic rings. The first-order chi connectivity index (χ1) is 16.4. The largest absolute Gasteiger partial charge is 0.465 e. The number of benzene rings is 3. The SMILES string of the molecule is COC(=O)c1ccccc1S(=O)(=O)n1c(=O)n(CCc2c[nH]c3ccccc23)c2ccccc21. The minimum atomic E-state index is -4.39. The Balaban J connectivity index is 1.64. The molecular formula is C25H21N3O5S. The van der Waals surface area contributed by atoms with Gasteiger partial charge in [-0.3, -0.25) is 4.57 Å². The summed E-state index contributed by atoms with van der Waals surface area (Å²) in [5.41, 5.74) is 1.93. The first kappa shape index (κ1) is 21.7. The highest BCUT2D eigenvalue weighted by Gasteiger charge is 2.29. The van der Waals surface area contributed by atoms with Crippen molar-refractivity contribution in [3.05, 3.63) is 101 Å². The standard InChI is InChI=1S/C25H21N3O5S/c1-33-24(29)19-9-3-7-13-23(19)34(31,32)28-22-12-6-5-11-21(22)27(25(28)30)15-14-17-16-26-20-10-4-2-8-18(17)20/h2-13,16,26H,14-15H2,1H3. The number of aromatic amines is 1. The molecule has 0 radical (unpaired) electrons. The fourth-order valence-electron chi connectivity index (χ4n) is 4.27. The number of hydrogen-bond acceptors (Lipinski definition) is 5. The number of H-pyrrole nitrogens is 1. The maximum Gasteiger partial charge on any atom is 0.343 e. The molecule has 0 unspecified atom stereocenters. The third kappa shape index (κ3) is 3.41. The molecule has 8 nitrogen and oxygen atoms in total. The van der Waals surface area contributed by atoms with Crippen LogP contribution in [0.4, 0.5) is 0 Å². The molecule has 1 N–H and O–H groups in total. The van der Waals surface area contributed by atoms with Gasteiger partial charge in [0.05, 0.1) is 23.7 Å². The van der Waals surface area contributed by atoms with Gasteiger partial charge in [-0.1, -0.05) is 42.5 Å². The number of rotatable bonds is 6. The third-order valence-electron chi connectivity index (χ3n) is 5.89. The molecule has 0 fully saturated rings. The average Bonchev–Trinajstić information content (AvgIpc) is 3.40. The van der Waals surface area contributed by atoms with Crippen molar-refractivity contribution in [2.45, 2.75) is 17.9 Å². The zero-order chi connectivity index (χ0) is 23.9. The van der Waals surface area contributed by atoms with Crippen molar-refractivity contribution in [2.75, 3.05) is 7.11 Å². The van der Waals surface area contributed by atoms with Gasteiger partial charge in [0.1, 0.15) is 4.90 Å². The predicted molar refractivity (Wildman–Crippen MR) is 129 cm³/mol. The summed E-state index contributed by atoms with van der Waals surface area (Å²) in [5, 5.41) is 1.05. The number of aromatic nitrogens is 3. The second-order valence-corrected chi connectivity index (χ2v) is 9.54. The highest BCUT2D eigenvalue weighted by molar-refractivity contribution is 7.90. The summed E-state index contributed by atoms with van der Waals surface area (Å²) in [6.45, 7) is 0.280. The van der Waals surface area contributed by atoms with Crippen LogP contribution in [0.15, 0.2) is 88.7 Å². The lowest BCUT2D eigenvalue weighted by molar-refractivity contribution is 0.0596. The Bertz CT molecular complexity index is 1710. The van der Waals surface area contributed by atoms with E-state index in [4.69, 9.17) is 4.74 Å². The van der Waals surface area contributed by atoms with Gasteiger partial charge >= 0.3 is 11.7 Å². The van der Waals surface area contributed by atoms with Crippen LogP contribution < -0.4 is 5.69 Å². The Morgan fingerprint density at radius 2 is 1.62 bits per heavy atom. The minimum Gasteiger partial charge on any atom is -0.465 e. The molecule has 5 rings (SSSR count). The van der Waals surface area contributed by atoms with Crippen LogP contribution in [-0.4, -0.2) is 35.0 Å². The molecule has 0 amide bonds. The number of hydrogen-bond donors (Lipinski definition) is 1. The van der Waals surface area contributed by atoms with Gasteiger partial charge in [0.2, 0.25) is 0 Å². The smallest absolute Gasteiger partial charge is 0.343 e. The van der Waals surface area contributed by atoms with Gasteiger partial charge in [0, 0.05) is 23.6 Å². The maximum absolute atomic E-state index is 13.7. The molecule has 0 atom stereocenters. The van der Waals surface area contributed by atoms with E-state index >= 15 is 0 Å². The van der Waals surface area contributed by atoms with Crippen LogP contribution in [0.1, 0.15) is 15.9 Å². The van der Waals surface area contributed by atoms with E-state index in [1.54, 1.807) is 30.3 Å². The number of esters is 1. The van der Waals surface area contributed by atoms with Crippen molar-refractivity contribution in [3.63, 3.8) is 0 Å². The number of nitrogens with zero attached hydrogens (tertiary/aromatic N) is 2. The van der Waals surface area contributed by atoms with Gasteiger partial charge in [-0.05, 0) is 42.3 Å². The van der Waals surface area contributed by atoms with Crippen LogP contribution in [0.3, 0.4) is 0 Å². The summed E-state index contributed by atoms with van der Waals surface area (Å²) in [7, 11) is -3.22. The summed E-state index contributed by atoms with van der Waals surface area (Å²) in [5.74, 6) is -0.796. The van der Waals surface area contributed by atoms with Crippen molar-refractivity contribution in [2.24, 2.45) is 0 Å². The molecule has 0 aliphatic heterocycles. The van der Waals surface area contributed by atoms with Crippen LogP contribution >= 0.6 is 0 Å². The lowest BCUT2D eigenvalue weighted by atomic mass is 10.1. The van der Waals surface area contributed by atoms with E-state index in [9.17, 15) is 18.0 Å². The third-order valence-corrected chi connectivity index (χ3v) is 7.63. The highest BCUT2D eigenvalue weighted by Crippen LogP contribution is 2.24. The zero-order valence-electron chi connectivity index (χ0n) is 18.3. The molecule has 0 saturated heterocycles. The molecular weight excluding hydrogens is 454 g/mol. The van der Waals surface area contributed by atoms with Gasteiger partial charge in [-0.15, -0.1) is 0 Å². The van der Waals surface area contributed by atoms with Crippen LogP contribution in [-0.2, 0) is 27.7 Å². The summed E-state index contributed by atoms with van der Waals surface area (Å²) in [6, 6.07) is 20.3. The van der Waals surface area contributed by atoms with E-state index in [2.05, 4.69) is 4.98 Å². The predicted octanol–water partition coefficient (Wildman–Crippen LogP) is 3.55. The topological polar surface area (TPSA) is 103 Å². The van der Waals surface area contributed by atoms with Gasteiger partial charge in [-0.25, -0.2) is 18.0 Å². The lowest BCUT2D eigenvalue weighted by Gasteiger charge is -2.10. The minimum absolute atomic E-state index is 0.132. The molecule has 2 heterocycles. The van der Waals surface area contributed by atoms with Crippen LogP contribution in [0.5, 0.6) is 0 Å². The Hall–Kier alpha value is -4.11. The van der Waals surface area contributed by atoms with Gasteiger partial charge in [0.15, 0.2) is 0 Å². The first-order valence-corrected chi connectivity index (χ1v) is 12.1. The molecule has 0 bridgehead atoms. The van der Waals surface area contributed by atoms with E-state index in [-0.39, 0.29) is 22.5 Å². The van der Waals surface area contributed by atoms with Gasteiger partial charge < -0.3 is 9.72 Å². The number of carbonyl (C=O) groups excluding carboxylic acids is 1. The lowest BCUT2D eigenvalue weighted by Crippen LogP contribution is -2.31. The maximum atomic E-state index is 13.7. The number of aryl methyl sites for hydroxylation is 2. The molecule has 5 aromatic rings. The molecule has 34 heavy (non-hydrogen) atoms.